The number of nitrogens with one attached hydrogen (secondary N) is 1. The van der Waals surface area contributed by atoms with E-state index < -0.39 is 23.2 Å². The number of rotatable bonds is 4. The number of alkyl carbamates (subject to hydrolysis) is 1. The molecular formula is C14H22BrN3O4. The topological polar surface area (TPSA) is 93.5 Å². The summed E-state index contributed by atoms with van der Waals surface area (Å²) in [5.74, 6) is -1.16. The van der Waals surface area contributed by atoms with E-state index in [4.69, 9.17) is 4.74 Å². The summed E-state index contributed by atoms with van der Waals surface area (Å²) in [5, 5.41) is 16.2. The number of aliphatic carboxylic acids is 1. The molecule has 0 spiro atoms. The van der Waals surface area contributed by atoms with Gasteiger partial charge in [-0.1, -0.05) is 0 Å². The molecule has 124 valence electrons. The molecule has 0 aliphatic carbocycles. The molecule has 1 atom stereocenters. The van der Waals surface area contributed by atoms with Crippen LogP contribution in [0.15, 0.2) is 4.47 Å². The van der Waals surface area contributed by atoms with Crippen LogP contribution in [0.3, 0.4) is 0 Å². The first-order chi connectivity index (χ1) is 9.85. The minimum Gasteiger partial charge on any atom is -0.479 e. The van der Waals surface area contributed by atoms with E-state index in [0.717, 1.165) is 15.9 Å². The number of carboxylic acid groups (broad SMARTS) is 1. The van der Waals surface area contributed by atoms with Crippen LogP contribution in [0, 0.1) is 13.8 Å². The van der Waals surface area contributed by atoms with Crippen LogP contribution in [0.4, 0.5) is 4.79 Å². The molecule has 22 heavy (non-hydrogen) atoms. The van der Waals surface area contributed by atoms with Crippen molar-refractivity contribution in [2.75, 3.05) is 0 Å². The quantitative estimate of drug-likeness (QED) is 0.843. The third kappa shape index (κ3) is 4.46. The zero-order chi connectivity index (χ0) is 17.3. The smallest absolute Gasteiger partial charge is 0.408 e. The molecule has 0 aromatic carbocycles. The summed E-state index contributed by atoms with van der Waals surface area (Å²) in [6.07, 6.45) is -0.780. The molecule has 0 saturated heterocycles. The van der Waals surface area contributed by atoms with Crippen LogP contribution in [0.5, 0.6) is 0 Å². The van der Waals surface area contributed by atoms with Gasteiger partial charge in [-0.15, -0.1) is 0 Å². The maximum atomic E-state index is 11.9. The van der Waals surface area contributed by atoms with E-state index >= 15 is 0 Å². The second-order valence-electron chi connectivity index (χ2n) is 6.41. The molecule has 8 heteroatoms. The van der Waals surface area contributed by atoms with Gasteiger partial charge in [-0.25, -0.2) is 9.59 Å². The first-order valence-corrected chi connectivity index (χ1v) is 7.59. The van der Waals surface area contributed by atoms with Crippen molar-refractivity contribution in [3.05, 3.63) is 15.9 Å². The summed E-state index contributed by atoms with van der Waals surface area (Å²) in [5.41, 5.74) is -0.700. The van der Waals surface area contributed by atoms with Gasteiger partial charge in [0.15, 0.2) is 5.54 Å². The van der Waals surface area contributed by atoms with E-state index in [1.54, 1.807) is 25.5 Å². The molecule has 0 radical (unpaired) electrons. The Morgan fingerprint density at radius 1 is 1.32 bits per heavy atom. The molecule has 0 saturated carbocycles. The Morgan fingerprint density at radius 2 is 1.86 bits per heavy atom. The fourth-order valence-electron chi connectivity index (χ4n) is 1.82. The number of carbonyl (C=O) groups excluding carboxylic acids is 1. The average Bonchev–Trinajstić information content (AvgIpc) is 2.54. The van der Waals surface area contributed by atoms with Gasteiger partial charge in [0, 0.05) is 5.69 Å². The van der Waals surface area contributed by atoms with Crippen molar-refractivity contribution >= 4 is 28.0 Å². The number of carboxylic acids is 1. The second kappa shape index (κ2) is 6.28. The zero-order valence-corrected chi connectivity index (χ0v) is 15.2. The molecule has 1 heterocycles. The van der Waals surface area contributed by atoms with Crippen molar-refractivity contribution in [2.24, 2.45) is 0 Å². The van der Waals surface area contributed by atoms with E-state index in [1.807, 2.05) is 13.8 Å². The monoisotopic (exact) mass is 375 g/mol. The predicted octanol–water partition coefficient (Wildman–Crippen LogP) is 2.63. The van der Waals surface area contributed by atoms with Gasteiger partial charge in [0.25, 0.3) is 0 Å². The fourth-order valence-corrected chi connectivity index (χ4v) is 2.10. The molecule has 1 amide bonds. The number of nitrogens with zero attached hydrogens (tertiary/aromatic N) is 2. The molecule has 0 aliphatic heterocycles. The van der Waals surface area contributed by atoms with Crippen LogP contribution in [0.2, 0.25) is 0 Å². The fraction of sp³-hybridized carbons (Fsp3) is 0.643. The Balaban J connectivity index is 2.99. The summed E-state index contributed by atoms with van der Waals surface area (Å²) in [6.45, 7) is 10.2. The lowest BCUT2D eigenvalue weighted by Crippen LogP contribution is -2.56. The summed E-state index contributed by atoms with van der Waals surface area (Å²) in [6, 6.07) is 0. The molecule has 0 aliphatic rings. The minimum atomic E-state index is -1.54. The van der Waals surface area contributed by atoms with Gasteiger partial charge in [0.05, 0.1) is 16.7 Å². The van der Waals surface area contributed by atoms with Crippen molar-refractivity contribution in [1.29, 1.82) is 0 Å². The van der Waals surface area contributed by atoms with Crippen LogP contribution in [0.1, 0.15) is 39.1 Å². The van der Waals surface area contributed by atoms with Gasteiger partial charge in [0.1, 0.15) is 5.60 Å². The summed E-state index contributed by atoms with van der Waals surface area (Å²) >= 11 is 3.39. The summed E-state index contributed by atoms with van der Waals surface area (Å²) < 4.78 is 7.49. The maximum Gasteiger partial charge on any atom is 0.408 e. The Hall–Kier alpha value is -1.57. The lowest BCUT2D eigenvalue weighted by Gasteiger charge is -2.28. The highest BCUT2D eigenvalue weighted by Gasteiger charge is 2.38. The zero-order valence-electron chi connectivity index (χ0n) is 13.7. The van der Waals surface area contributed by atoms with Crippen molar-refractivity contribution in [1.82, 2.24) is 15.1 Å². The molecule has 1 aromatic rings. The van der Waals surface area contributed by atoms with Crippen LogP contribution in [-0.4, -0.2) is 38.1 Å². The molecule has 1 rings (SSSR count). The molecule has 2 N–H and O–H groups in total. The van der Waals surface area contributed by atoms with Gasteiger partial charge >= 0.3 is 12.1 Å². The van der Waals surface area contributed by atoms with Crippen molar-refractivity contribution in [2.45, 2.75) is 59.2 Å². The van der Waals surface area contributed by atoms with Gasteiger partial charge in [0.2, 0.25) is 0 Å². The highest BCUT2D eigenvalue weighted by Crippen LogP contribution is 2.22. The third-order valence-corrected chi connectivity index (χ3v) is 4.16. The third-order valence-electron chi connectivity index (χ3n) is 3.01. The Labute approximate surface area is 138 Å². The first kappa shape index (κ1) is 18.5. The van der Waals surface area contributed by atoms with Crippen LogP contribution in [0.25, 0.3) is 0 Å². The number of carbonyl (C=O) groups is 2. The second-order valence-corrected chi connectivity index (χ2v) is 7.20. The lowest BCUT2D eigenvalue weighted by molar-refractivity contribution is -0.144. The molecular weight excluding hydrogens is 354 g/mol. The minimum absolute atomic E-state index is 0.0140. The van der Waals surface area contributed by atoms with Crippen LogP contribution in [-0.2, 0) is 16.1 Å². The van der Waals surface area contributed by atoms with Crippen molar-refractivity contribution in [3.8, 4) is 0 Å². The first-order valence-electron chi connectivity index (χ1n) is 6.80. The Bertz CT molecular complexity index is 592. The van der Waals surface area contributed by atoms with Crippen LogP contribution < -0.4 is 5.32 Å². The standard InChI is InChI=1S/C14H22BrN3O4/c1-8-10(15)9(2)18(17-8)7-14(6,11(19)20)16-12(21)22-13(3,4)5/h7H2,1-6H3,(H,16,21)(H,19,20). The predicted molar refractivity (Wildman–Crippen MR) is 84.8 cm³/mol. The number of aryl methyl sites for hydroxylation is 1. The van der Waals surface area contributed by atoms with E-state index in [9.17, 15) is 14.7 Å². The molecule has 0 fully saturated rings. The number of ether oxygens (including phenoxy) is 1. The average molecular weight is 376 g/mol. The van der Waals surface area contributed by atoms with Gasteiger partial charge < -0.3 is 15.2 Å². The molecule has 1 unspecified atom stereocenters. The van der Waals surface area contributed by atoms with Crippen LogP contribution >= 0.6 is 15.9 Å². The van der Waals surface area contributed by atoms with E-state index in [1.165, 1.54) is 6.92 Å². The van der Waals surface area contributed by atoms with Crippen molar-refractivity contribution < 1.29 is 19.4 Å². The molecule has 1 aromatic heterocycles. The summed E-state index contributed by atoms with van der Waals surface area (Å²) in [7, 11) is 0. The van der Waals surface area contributed by atoms with Gasteiger partial charge in [-0.05, 0) is 57.5 Å². The normalized spacial score (nSPS) is 14.3. The SMILES string of the molecule is Cc1nn(CC(C)(NC(=O)OC(C)(C)C)C(=O)O)c(C)c1Br. The van der Waals surface area contributed by atoms with Crippen molar-refractivity contribution in [3.63, 3.8) is 0 Å². The number of aromatic nitrogens is 2. The maximum absolute atomic E-state index is 11.9. The lowest BCUT2D eigenvalue weighted by atomic mass is 10.0. The van der Waals surface area contributed by atoms with Gasteiger partial charge in [-0.2, -0.15) is 5.10 Å². The number of amides is 1. The largest absolute Gasteiger partial charge is 0.479 e. The number of hydrogen-bond acceptors (Lipinski definition) is 4. The summed E-state index contributed by atoms with van der Waals surface area (Å²) in [4.78, 5) is 23.5. The number of halogens is 1. The van der Waals surface area contributed by atoms with E-state index in [2.05, 4.69) is 26.3 Å². The molecule has 0 bridgehead atoms. The number of hydrogen-bond donors (Lipinski definition) is 2. The molecule has 7 nitrogen and oxygen atoms in total. The van der Waals surface area contributed by atoms with E-state index in [-0.39, 0.29) is 6.54 Å². The van der Waals surface area contributed by atoms with E-state index in [0.29, 0.717) is 0 Å². The highest BCUT2D eigenvalue weighted by molar-refractivity contribution is 9.10. The Morgan fingerprint density at radius 3 is 2.23 bits per heavy atom. The Kier molecular flexibility index (Phi) is 5.27. The van der Waals surface area contributed by atoms with Gasteiger partial charge in [-0.3, -0.25) is 4.68 Å². The highest BCUT2D eigenvalue weighted by atomic mass is 79.9.